The summed E-state index contributed by atoms with van der Waals surface area (Å²) in [5.41, 5.74) is 7.24. The third-order valence-electron chi connectivity index (χ3n) is 6.39. The molecule has 0 unspecified atom stereocenters. The highest BCUT2D eigenvalue weighted by Gasteiger charge is 2.13. The van der Waals surface area contributed by atoms with Gasteiger partial charge < -0.3 is 15.2 Å². The molecule has 7 heteroatoms. The molecule has 6 rings (SSSR count). The number of aromatic amines is 1. The predicted octanol–water partition coefficient (Wildman–Crippen LogP) is 4.69. The summed E-state index contributed by atoms with van der Waals surface area (Å²) in [6, 6.07) is 17.5. The fourth-order valence-corrected chi connectivity index (χ4v) is 4.60. The molecule has 34 heavy (non-hydrogen) atoms. The highest BCUT2D eigenvalue weighted by molar-refractivity contribution is 5.95. The molecule has 0 saturated carbocycles. The zero-order valence-corrected chi connectivity index (χ0v) is 18.7. The van der Waals surface area contributed by atoms with Crippen LogP contribution >= 0.6 is 0 Å². The van der Waals surface area contributed by atoms with Crippen LogP contribution in [-0.2, 0) is 6.54 Å². The lowest BCUT2D eigenvalue weighted by Crippen LogP contribution is -2.43. The van der Waals surface area contributed by atoms with Gasteiger partial charge in [-0.3, -0.25) is 4.68 Å². The van der Waals surface area contributed by atoms with E-state index < -0.39 is 0 Å². The lowest BCUT2D eigenvalue weighted by molar-refractivity contribution is 0.589. The van der Waals surface area contributed by atoms with Crippen LogP contribution in [0.2, 0.25) is 0 Å². The number of aromatic nitrogens is 4. The van der Waals surface area contributed by atoms with Crippen LogP contribution in [0.3, 0.4) is 0 Å². The van der Waals surface area contributed by atoms with E-state index in [-0.39, 0.29) is 5.82 Å². The van der Waals surface area contributed by atoms with Crippen LogP contribution in [0.25, 0.3) is 33.3 Å². The number of hydrogen-bond donors (Lipinski definition) is 2. The molecule has 1 saturated heterocycles. The maximum absolute atomic E-state index is 13.5. The number of anilines is 1. The van der Waals surface area contributed by atoms with Crippen molar-refractivity contribution in [3.8, 4) is 22.3 Å². The van der Waals surface area contributed by atoms with E-state index in [0.29, 0.717) is 6.54 Å². The number of H-pyrrole nitrogens is 1. The third kappa shape index (κ3) is 4.06. The van der Waals surface area contributed by atoms with Gasteiger partial charge in [-0.1, -0.05) is 24.3 Å². The Hall–Kier alpha value is -3.97. The lowest BCUT2D eigenvalue weighted by Gasteiger charge is -2.29. The summed E-state index contributed by atoms with van der Waals surface area (Å²) >= 11 is 0. The molecule has 1 fully saturated rings. The van der Waals surface area contributed by atoms with Crippen LogP contribution in [0.1, 0.15) is 5.56 Å². The van der Waals surface area contributed by atoms with E-state index in [1.54, 1.807) is 6.07 Å². The third-order valence-corrected chi connectivity index (χ3v) is 6.39. The molecule has 2 N–H and O–H groups in total. The summed E-state index contributed by atoms with van der Waals surface area (Å²) in [6.07, 6.45) is 7.72. The Balaban J connectivity index is 1.27. The van der Waals surface area contributed by atoms with Crippen LogP contribution in [0, 0.1) is 5.82 Å². The Morgan fingerprint density at radius 2 is 1.76 bits per heavy atom. The van der Waals surface area contributed by atoms with Crippen molar-refractivity contribution in [3.05, 3.63) is 90.8 Å². The highest BCUT2D eigenvalue weighted by Crippen LogP contribution is 2.31. The van der Waals surface area contributed by atoms with Crippen LogP contribution < -0.4 is 10.2 Å². The second-order valence-corrected chi connectivity index (χ2v) is 8.66. The van der Waals surface area contributed by atoms with Crippen LogP contribution in [0.4, 0.5) is 10.1 Å². The number of nitrogens with zero attached hydrogens (tertiary/aromatic N) is 4. The number of halogens is 1. The van der Waals surface area contributed by atoms with Gasteiger partial charge in [0.1, 0.15) is 11.5 Å². The van der Waals surface area contributed by atoms with Gasteiger partial charge in [0.15, 0.2) is 0 Å². The largest absolute Gasteiger partial charge is 0.369 e. The maximum Gasteiger partial charge on any atom is 0.137 e. The summed E-state index contributed by atoms with van der Waals surface area (Å²) < 4.78 is 15.4. The zero-order chi connectivity index (χ0) is 22.9. The van der Waals surface area contributed by atoms with Gasteiger partial charge in [0.05, 0.1) is 12.7 Å². The first-order valence-corrected chi connectivity index (χ1v) is 11.5. The average molecular weight is 453 g/mol. The molecule has 1 aliphatic heterocycles. The van der Waals surface area contributed by atoms with Gasteiger partial charge in [0, 0.05) is 72.5 Å². The molecule has 6 nitrogen and oxygen atoms in total. The van der Waals surface area contributed by atoms with E-state index in [9.17, 15) is 4.39 Å². The molecule has 170 valence electrons. The van der Waals surface area contributed by atoms with E-state index in [1.165, 1.54) is 17.8 Å². The molecule has 0 aliphatic carbocycles. The molecule has 0 bridgehead atoms. The molecule has 5 aromatic rings. The Morgan fingerprint density at radius 3 is 2.59 bits per heavy atom. The normalized spacial score (nSPS) is 14.1. The molecule has 2 aromatic carbocycles. The fraction of sp³-hybridized carbons (Fsp3) is 0.185. The summed E-state index contributed by atoms with van der Waals surface area (Å²) in [5, 5.41) is 8.94. The number of fused-ring (bicyclic) bond motifs is 1. The molecule has 4 heterocycles. The number of pyridine rings is 1. The van der Waals surface area contributed by atoms with Gasteiger partial charge >= 0.3 is 0 Å². The van der Waals surface area contributed by atoms with E-state index in [2.05, 4.69) is 55.6 Å². The summed E-state index contributed by atoms with van der Waals surface area (Å²) in [6.45, 7) is 4.64. The van der Waals surface area contributed by atoms with Gasteiger partial charge in [0.2, 0.25) is 0 Å². The second-order valence-electron chi connectivity index (χ2n) is 8.66. The van der Waals surface area contributed by atoms with Crippen molar-refractivity contribution >= 4 is 16.7 Å². The number of rotatable bonds is 5. The molecule has 0 spiro atoms. The SMILES string of the molecule is Fc1cccc(Cn2cc(-c3c[nH]c4ncc(-c5ccc(N6CCNCC6)cc5)cc34)cn2)c1. The summed E-state index contributed by atoms with van der Waals surface area (Å²) in [5.74, 6) is -0.235. The molecule has 1 aliphatic rings. The molecular formula is C27H25FN6. The number of nitrogens with one attached hydrogen (secondary N) is 2. The molecule has 0 atom stereocenters. The molecule has 0 amide bonds. The number of benzene rings is 2. The second kappa shape index (κ2) is 8.76. The zero-order valence-electron chi connectivity index (χ0n) is 18.7. The predicted molar refractivity (Wildman–Crippen MR) is 133 cm³/mol. The van der Waals surface area contributed by atoms with Crippen molar-refractivity contribution < 1.29 is 4.39 Å². The van der Waals surface area contributed by atoms with Crippen molar-refractivity contribution in [2.45, 2.75) is 6.54 Å². The van der Waals surface area contributed by atoms with E-state index >= 15 is 0 Å². The van der Waals surface area contributed by atoms with E-state index in [1.807, 2.05) is 35.5 Å². The van der Waals surface area contributed by atoms with Crippen LogP contribution in [0.15, 0.2) is 79.4 Å². The average Bonchev–Trinajstić information content (AvgIpc) is 3.51. The van der Waals surface area contributed by atoms with Gasteiger partial charge in [-0.05, 0) is 41.5 Å². The smallest absolute Gasteiger partial charge is 0.137 e. The van der Waals surface area contributed by atoms with Gasteiger partial charge in [-0.25, -0.2) is 9.37 Å². The Morgan fingerprint density at radius 1 is 0.912 bits per heavy atom. The van der Waals surface area contributed by atoms with Crippen molar-refractivity contribution in [2.24, 2.45) is 0 Å². The van der Waals surface area contributed by atoms with Crippen molar-refractivity contribution in [1.29, 1.82) is 0 Å². The number of hydrogen-bond acceptors (Lipinski definition) is 4. The van der Waals surface area contributed by atoms with Gasteiger partial charge in [0.25, 0.3) is 0 Å². The Bertz CT molecular complexity index is 1430. The lowest BCUT2D eigenvalue weighted by atomic mass is 10.0. The van der Waals surface area contributed by atoms with Crippen molar-refractivity contribution in [3.63, 3.8) is 0 Å². The first kappa shape index (κ1) is 20.6. The quantitative estimate of drug-likeness (QED) is 0.406. The Labute approximate surface area is 197 Å². The van der Waals surface area contributed by atoms with Crippen molar-refractivity contribution in [2.75, 3.05) is 31.1 Å². The minimum absolute atomic E-state index is 0.235. The summed E-state index contributed by atoms with van der Waals surface area (Å²) in [7, 11) is 0. The van der Waals surface area contributed by atoms with Gasteiger partial charge in [-0.15, -0.1) is 0 Å². The maximum atomic E-state index is 13.5. The van der Waals surface area contributed by atoms with Gasteiger partial charge in [-0.2, -0.15) is 5.10 Å². The fourth-order valence-electron chi connectivity index (χ4n) is 4.60. The topological polar surface area (TPSA) is 61.8 Å². The van der Waals surface area contributed by atoms with Crippen LogP contribution in [-0.4, -0.2) is 45.9 Å². The molecular weight excluding hydrogens is 427 g/mol. The first-order valence-electron chi connectivity index (χ1n) is 11.5. The standard InChI is InChI=1S/C27H25FN6/c28-23-3-1-2-19(12-23)17-34-18-22(15-32-34)26-16-31-27-25(26)13-21(14-30-27)20-4-6-24(7-5-20)33-10-8-29-9-11-33/h1-7,12-16,18,29H,8-11,17H2,(H,30,31). The monoisotopic (exact) mass is 452 g/mol. The summed E-state index contributed by atoms with van der Waals surface area (Å²) in [4.78, 5) is 10.3. The van der Waals surface area contributed by atoms with E-state index in [0.717, 1.165) is 65.0 Å². The molecule has 0 radical (unpaired) electrons. The minimum atomic E-state index is -0.235. The minimum Gasteiger partial charge on any atom is -0.369 e. The van der Waals surface area contributed by atoms with Crippen LogP contribution in [0.5, 0.6) is 0 Å². The van der Waals surface area contributed by atoms with Crippen molar-refractivity contribution in [1.82, 2.24) is 25.1 Å². The number of piperazine rings is 1. The Kier molecular flexibility index (Phi) is 5.31. The molecule has 3 aromatic heterocycles. The van der Waals surface area contributed by atoms with E-state index in [4.69, 9.17) is 0 Å². The highest BCUT2D eigenvalue weighted by atomic mass is 19.1. The first-order chi connectivity index (χ1) is 16.7.